The smallest absolute Gasteiger partial charge is 0.187 e. The Morgan fingerprint density at radius 1 is 1.40 bits per heavy atom. The molecule has 2 rings (SSSR count). The molecule has 2 saturated heterocycles. The first kappa shape index (κ1) is 11.3. The first-order chi connectivity index (χ1) is 7.11. The van der Waals surface area contributed by atoms with Crippen molar-refractivity contribution < 1.29 is 19.3 Å². The fourth-order valence-corrected chi connectivity index (χ4v) is 2.06. The van der Waals surface area contributed by atoms with E-state index < -0.39 is 5.79 Å². The molecule has 2 aliphatic heterocycles. The Morgan fingerprint density at radius 2 is 2.20 bits per heavy atom. The summed E-state index contributed by atoms with van der Waals surface area (Å²) in [6.45, 7) is 5.28. The van der Waals surface area contributed by atoms with E-state index in [0.717, 1.165) is 13.0 Å². The molecule has 88 valence electrons. The summed E-state index contributed by atoms with van der Waals surface area (Å²) in [5.41, 5.74) is 0. The number of fused-ring (bicyclic) bond motifs is 1. The number of rotatable bonds is 4. The van der Waals surface area contributed by atoms with Crippen molar-refractivity contribution in [2.45, 2.75) is 44.6 Å². The molecule has 2 N–H and O–H groups in total. The molecule has 0 aromatic rings. The molecule has 0 saturated carbocycles. The zero-order valence-corrected chi connectivity index (χ0v) is 9.23. The second-order valence-corrected chi connectivity index (χ2v) is 4.46. The summed E-state index contributed by atoms with van der Waals surface area (Å²) in [6, 6.07) is 0. The average molecular weight is 217 g/mol. The maximum atomic E-state index is 8.62. The lowest BCUT2D eigenvalue weighted by Gasteiger charge is -2.20. The fraction of sp³-hybridized carbons (Fsp3) is 1.00. The highest BCUT2D eigenvalue weighted by molar-refractivity contribution is 4.85. The van der Waals surface area contributed by atoms with E-state index >= 15 is 0 Å². The van der Waals surface area contributed by atoms with Crippen molar-refractivity contribution in [2.75, 3.05) is 19.7 Å². The fourth-order valence-electron chi connectivity index (χ4n) is 2.06. The summed E-state index contributed by atoms with van der Waals surface area (Å²) in [5.74, 6) is -0.515. The molecule has 15 heavy (non-hydrogen) atoms. The summed E-state index contributed by atoms with van der Waals surface area (Å²) in [6.07, 6.45) is 0.816. The highest BCUT2D eigenvalue weighted by Gasteiger charge is 2.48. The zero-order valence-electron chi connectivity index (χ0n) is 9.23. The van der Waals surface area contributed by atoms with E-state index in [4.69, 9.17) is 19.3 Å². The van der Waals surface area contributed by atoms with Gasteiger partial charge in [0, 0.05) is 19.5 Å². The third-order valence-corrected chi connectivity index (χ3v) is 2.62. The zero-order chi connectivity index (χ0) is 10.9. The van der Waals surface area contributed by atoms with Crippen LogP contribution in [0.25, 0.3) is 0 Å². The first-order valence-corrected chi connectivity index (χ1v) is 5.43. The third-order valence-electron chi connectivity index (χ3n) is 2.62. The van der Waals surface area contributed by atoms with E-state index in [-0.39, 0.29) is 25.1 Å². The van der Waals surface area contributed by atoms with E-state index in [1.165, 1.54) is 0 Å². The maximum absolute atomic E-state index is 8.62. The molecule has 2 heterocycles. The molecule has 3 atom stereocenters. The number of ether oxygens (including phenoxy) is 3. The van der Waals surface area contributed by atoms with Crippen molar-refractivity contribution in [2.24, 2.45) is 0 Å². The van der Waals surface area contributed by atoms with Crippen molar-refractivity contribution >= 4 is 0 Å². The van der Waals surface area contributed by atoms with Crippen molar-refractivity contribution in [1.82, 2.24) is 5.32 Å². The quantitative estimate of drug-likeness (QED) is 0.640. The van der Waals surface area contributed by atoms with Gasteiger partial charge in [0.05, 0.1) is 12.7 Å². The topological polar surface area (TPSA) is 60.0 Å². The minimum atomic E-state index is -0.515. The Morgan fingerprint density at radius 3 is 2.87 bits per heavy atom. The van der Waals surface area contributed by atoms with Gasteiger partial charge in [-0.25, -0.2) is 0 Å². The second-order valence-electron chi connectivity index (χ2n) is 4.46. The molecule has 0 amide bonds. The van der Waals surface area contributed by atoms with Crippen LogP contribution < -0.4 is 5.32 Å². The maximum Gasteiger partial charge on any atom is 0.187 e. The third kappa shape index (κ3) is 2.68. The number of nitrogens with one attached hydrogen (secondary N) is 1. The van der Waals surface area contributed by atoms with Gasteiger partial charge in [-0.1, -0.05) is 0 Å². The summed E-state index contributed by atoms with van der Waals surface area (Å²) in [5, 5.41) is 11.7. The number of hydrogen-bond donors (Lipinski definition) is 2. The van der Waals surface area contributed by atoms with Gasteiger partial charge in [0.15, 0.2) is 12.1 Å². The van der Waals surface area contributed by atoms with Crippen molar-refractivity contribution in [3.8, 4) is 0 Å². The molecule has 0 spiro atoms. The van der Waals surface area contributed by atoms with Crippen LogP contribution in [0.2, 0.25) is 0 Å². The van der Waals surface area contributed by atoms with Crippen LogP contribution in [-0.2, 0) is 14.2 Å². The molecule has 0 bridgehead atoms. The van der Waals surface area contributed by atoms with Crippen LogP contribution in [0.1, 0.15) is 20.3 Å². The van der Waals surface area contributed by atoms with E-state index in [9.17, 15) is 0 Å². The highest BCUT2D eigenvalue weighted by Crippen LogP contribution is 2.36. The molecule has 0 aromatic carbocycles. The molecule has 0 radical (unpaired) electrons. The Bertz CT molecular complexity index is 205. The SMILES string of the molecule is CC1(C)OC2C[C@H](CNCCO)OC2O1. The van der Waals surface area contributed by atoms with Crippen LogP contribution in [0.5, 0.6) is 0 Å². The van der Waals surface area contributed by atoms with Crippen LogP contribution in [0.3, 0.4) is 0 Å². The van der Waals surface area contributed by atoms with E-state index in [1.807, 2.05) is 13.8 Å². The van der Waals surface area contributed by atoms with Crippen LogP contribution >= 0.6 is 0 Å². The summed E-state index contributed by atoms with van der Waals surface area (Å²) in [7, 11) is 0. The van der Waals surface area contributed by atoms with Gasteiger partial charge in [0.1, 0.15) is 6.10 Å². The monoisotopic (exact) mass is 217 g/mol. The first-order valence-electron chi connectivity index (χ1n) is 5.43. The Hall–Kier alpha value is -0.200. The van der Waals surface area contributed by atoms with Crippen LogP contribution in [0.4, 0.5) is 0 Å². The number of aliphatic hydroxyl groups is 1. The van der Waals surface area contributed by atoms with Gasteiger partial charge in [-0.05, 0) is 13.8 Å². The lowest BCUT2D eigenvalue weighted by atomic mass is 10.2. The van der Waals surface area contributed by atoms with Crippen molar-refractivity contribution in [1.29, 1.82) is 0 Å². The van der Waals surface area contributed by atoms with Gasteiger partial charge < -0.3 is 24.6 Å². The van der Waals surface area contributed by atoms with Gasteiger partial charge in [0.25, 0.3) is 0 Å². The van der Waals surface area contributed by atoms with Crippen molar-refractivity contribution in [3.63, 3.8) is 0 Å². The van der Waals surface area contributed by atoms with Crippen molar-refractivity contribution in [3.05, 3.63) is 0 Å². The molecule has 5 nitrogen and oxygen atoms in total. The summed E-state index contributed by atoms with van der Waals surface area (Å²) >= 11 is 0. The van der Waals surface area contributed by atoms with Gasteiger partial charge >= 0.3 is 0 Å². The molecule has 5 heteroatoms. The lowest BCUT2D eigenvalue weighted by Crippen LogP contribution is -2.31. The largest absolute Gasteiger partial charge is 0.395 e. The Balaban J connectivity index is 1.74. The molecule has 0 aliphatic carbocycles. The minimum absolute atomic E-state index is 0.0564. The highest BCUT2D eigenvalue weighted by atomic mass is 16.8. The molecule has 0 aromatic heterocycles. The van der Waals surface area contributed by atoms with Crippen LogP contribution in [0.15, 0.2) is 0 Å². The molecular formula is C10H19NO4. The van der Waals surface area contributed by atoms with E-state index in [2.05, 4.69) is 5.32 Å². The van der Waals surface area contributed by atoms with Gasteiger partial charge in [-0.2, -0.15) is 0 Å². The normalized spacial score (nSPS) is 38.2. The van der Waals surface area contributed by atoms with Crippen LogP contribution in [-0.4, -0.2) is 49.1 Å². The van der Waals surface area contributed by atoms with E-state index in [1.54, 1.807) is 0 Å². The second kappa shape index (κ2) is 4.35. The lowest BCUT2D eigenvalue weighted by molar-refractivity contribution is -0.204. The number of hydrogen-bond acceptors (Lipinski definition) is 5. The van der Waals surface area contributed by atoms with Crippen LogP contribution in [0, 0.1) is 0 Å². The van der Waals surface area contributed by atoms with E-state index in [0.29, 0.717) is 6.54 Å². The Labute approximate surface area is 89.7 Å². The van der Waals surface area contributed by atoms with Gasteiger partial charge in [0.2, 0.25) is 0 Å². The summed E-state index contributed by atoms with van der Waals surface area (Å²) in [4.78, 5) is 0. The average Bonchev–Trinajstić information content (AvgIpc) is 2.58. The Kier molecular flexibility index (Phi) is 3.27. The van der Waals surface area contributed by atoms with Gasteiger partial charge in [-0.3, -0.25) is 0 Å². The predicted molar refractivity (Wildman–Crippen MR) is 53.3 cm³/mol. The molecular weight excluding hydrogens is 198 g/mol. The summed E-state index contributed by atoms with van der Waals surface area (Å²) < 4.78 is 16.9. The molecule has 2 unspecified atom stereocenters. The minimum Gasteiger partial charge on any atom is -0.395 e. The standard InChI is InChI=1S/C10H19NO4/c1-10(2)14-8-5-7(6-11-3-4-12)13-9(8)15-10/h7-9,11-12H,3-6H2,1-2H3/t7-,8?,9?/m1/s1. The predicted octanol–water partition coefficient (Wildman–Crippen LogP) is -0.165. The van der Waals surface area contributed by atoms with Gasteiger partial charge in [-0.15, -0.1) is 0 Å². The molecule has 2 fully saturated rings. The molecule has 2 aliphatic rings. The number of aliphatic hydroxyl groups excluding tert-OH is 1.